The van der Waals surface area contributed by atoms with Crippen molar-refractivity contribution in [1.82, 2.24) is 9.97 Å². The van der Waals surface area contributed by atoms with E-state index in [9.17, 15) is 0 Å². The van der Waals surface area contributed by atoms with Gasteiger partial charge >= 0.3 is 0 Å². The molecule has 3 nitrogen and oxygen atoms in total. The van der Waals surface area contributed by atoms with Crippen molar-refractivity contribution in [3.63, 3.8) is 0 Å². The Labute approximate surface area is 97.2 Å². The third-order valence-electron chi connectivity index (χ3n) is 1.95. The molecule has 0 saturated heterocycles. The maximum atomic E-state index is 5.73. The average Bonchev–Trinajstić information content (AvgIpc) is 2.65. The molecule has 0 fully saturated rings. The lowest BCUT2D eigenvalue weighted by Crippen LogP contribution is -2.07. The van der Waals surface area contributed by atoms with E-state index in [0.717, 1.165) is 10.8 Å². The number of thiazole rings is 1. The fourth-order valence-electron chi connectivity index (χ4n) is 1.21. The van der Waals surface area contributed by atoms with Gasteiger partial charge in [-0.05, 0) is 19.1 Å². The number of anilines is 1. The molecule has 2 rings (SSSR count). The smallest absolute Gasteiger partial charge is 0.184 e. The average molecular weight is 240 g/mol. The van der Waals surface area contributed by atoms with Crippen molar-refractivity contribution in [2.75, 3.05) is 5.32 Å². The summed E-state index contributed by atoms with van der Waals surface area (Å²) >= 11 is 7.22. The van der Waals surface area contributed by atoms with Gasteiger partial charge in [0.2, 0.25) is 0 Å². The van der Waals surface area contributed by atoms with Crippen LogP contribution in [0.5, 0.6) is 0 Å². The van der Waals surface area contributed by atoms with Gasteiger partial charge in [0.1, 0.15) is 5.15 Å². The number of hydrogen-bond acceptors (Lipinski definition) is 4. The number of hydrogen-bond donors (Lipinski definition) is 1. The van der Waals surface area contributed by atoms with Gasteiger partial charge in [0.15, 0.2) is 5.13 Å². The predicted molar refractivity (Wildman–Crippen MR) is 63.4 cm³/mol. The molecule has 0 radical (unpaired) electrons. The van der Waals surface area contributed by atoms with E-state index in [0.29, 0.717) is 5.15 Å². The Morgan fingerprint density at radius 3 is 2.93 bits per heavy atom. The number of nitrogens with one attached hydrogen (secondary N) is 1. The first-order valence-electron chi connectivity index (χ1n) is 4.54. The molecule has 78 valence electrons. The maximum absolute atomic E-state index is 5.73. The van der Waals surface area contributed by atoms with Crippen molar-refractivity contribution >= 4 is 28.1 Å². The van der Waals surface area contributed by atoms with Crippen LogP contribution in [-0.4, -0.2) is 9.97 Å². The largest absolute Gasteiger partial charge is 0.353 e. The minimum absolute atomic E-state index is 0.133. The lowest BCUT2D eigenvalue weighted by Gasteiger charge is -2.11. The number of halogens is 1. The summed E-state index contributed by atoms with van der Waals surface area (Å²) in [6.07, 6.45) is 1.78. The fourth-order valence-corrected chi connectivity index (χ4v) is 2.14. The van der Waals surface area contributed by atoms with E-state index in [2.05, 4.69) is 15.3 Å². The number of rotatable bonds is 3. The Morgan fingerprint density at radius 2 is 2.33 bits per heavy atom. The van der Waals surface area contributed by atoms with E-state index >= 15 is 0 Å². The molecular weight excluding hydrogens is 230 g/mol. The van der Waals surface area contributed by atoms with Gasteiger partial charge in [-0.1, -0.05) is 17.7 Å². The number of pyridine rings is 1. The highest BCUT2D eigenvalue weighted by atomic mass is 35.5. The third-order valence-corrected chi connectivity index (χ3v) is 3.04. The van der Waals surface area contributed by atoms with Crippen LogP contribution in [0.1, 0.15) is 18.7 Å². The lowest BCUT2D eigenvalue weighted by molar-refractivity contribution is 0.837. The molecule has 1 N–H and O–H groups in total. The monoisotopic (exact) mass is 239 g/mol. The summed E-state index contributed by atoms with van der Waals surface area (Å²) in [4.78, 5) is 8.38. The summed E-state index contributed by atoms with van der Waals surface area (Å²) < 4.78 is 0. The van der Waals surface area contributed by atoms with Crippen molar-refractivity contribution in [1.29, 1.82) is 0 Å². The maximum Gasteiger partial charge on any atom is 0.184 e. The molecule has 2 aromatic rings. The minimum atomic E-state index is 0.133. The second kappa shape index (κ2) is 4.59. The normalized spacial score (nSPS) is 12.4. The van der Waals surface area contributed by atoms with Gasteiger partial charge in [-0.25, -0.2) is 4.98 Å². The van der Waals surface area contributed by atoms with Gasteiger partial charge in [-0.15, -0.1) is 11.3 Å². The van der Waals surface area contributed by atoms with Crippen LogP contribution in [0.3, 0.4) is 0 Å². The Balaban J connectivity index is 2.07. The summed E-state index contributed by atoms with van der Waals surface area (Å²) in [5.41, 5.74) is 0.990. The summed E-state index contributed by atoms with van der Waals surface area (Å²) in [5.74, 6) is 0. The molecule has 0 aliphatic rings. The van der Waals surface area contributed by atoms with E-state index in [1.165, 1.54) is 11.3 Å². The molecule has 0 saturated carbocycles. The molecule has 1 unspecified atom stereocenters. The highest BCUT2D eigenvalue weighted by Crippen LogP contribution is 2.23. The first kappa shape index (κ1) is 10.4. The van der Waals surface area contributed by atoms with Gasteiger partial charge in [0.25, 0.3) is 0 Å². The van der Waals surface area contributed by atoms with Crippen LogP contribution in [-0.2, 0) is 0 Å². The van der Waals surface area contributed by atoms with Crippen molar-refractivity contribution in [3.8, 4) is 0 Å². The van der Waals surface area contributed by atoms with E-state index in [1.807, 2.05) is 25.1 Å². The fraction of sp³-hybridized carbons (Fsp3) is 0.200. The zero-order valence-electron chi connectivity index (χ0n) is 8.14. The quantitative estimate of drug-likeness (QED) is 0.893. The molecular formula is C10H10ClN3S. The molecule has 0 aliphatic heterocycles. The van der Waals surface area contributed by atoms with Crippen LogP contribution >= 0.6 is 22.9 Å². The first-order valence-corrected chi connectivity index (χ1v) is 5.80. The summed E-state index contributed by atoms with van der Waals surface area (Å²) in [7, 11) is 0. The SMILES string of the molecule is CC(Nc1nc(Cl)cs1)c1ccccn1. The second-order valence-electron chi connectivity index (χ2n) is 3.10. The Morgan fingerprint density at radius 1 is 1.47 bits per heavy atom. The summed E-state index contributed by atoms with van der Waals surface area (Å²) in [5, 5.41) is 6.38. The van der Waals surface area contributed by atoms with E-state index in [4.69, 9.17) is 11.6 Å². The topological polar surface area (TPSA) is 37.8 Å². The summed E-state index contributed by atoms with van der Waals surface area (Å²) in [6, 6.07) is 5.98. The lowest BCUT2D eigenvalue weighted by atomic mass is 10.2. The molecule has 0 bridgehead atoms. The standard InChI is InChI=1S/C10H10ClN3S/c1-7(8-4-2-3-5-12-8)13-10-14-9(11)6-15-10/h2-7H,1H3,(H,13,14). The van der Waals surface area contributed by atoms with Gasteiger partial charge in [0.05, 0.1) is 11.7 Å². The number of nitrogens with zero attached hydrogens (tertiary/aromatic N) is 2. The van der Waals surface area contributed by atoms with Crippen molar-refractivity contribution < 1.29 is 0 Å². The Hall–Kier alpha value is -1.13. The van der Waals surface area contributed by atoms with Gasteiger partial charge in [-0.2, -0.15) is 0 Å². The molecule has 0 amide bonds. The van der Waals surface area contributed by atoms with Crippen LogP contribution in [0.25, 0.3) is 0 Å². The molecule has 0 spiro atoms. The molecule has 2 heterocycles. The molecule has 1 atom stereocenters. The molecule has 2 aromatic heterocycles. The van der Waals surface area contributed by atoms with Crippen LogP contribution in [0.15, 0.2) is 29.8 Å². The predicted octanol–water partition coefficient (Wildman–Crippen LogP) is 3.36. The first-order chi connectivity index (χ1) is 7.25. The van der Waals surface area contributed by atoms with Gasteiger partial charge in [0, 0.05) is 11.6 Å². The van der Waals surface area contributed by atoms with Crippen LogP contribution in [0.4, 0.5) is 5.13 Å². The Kier molecular flexibility index (Phi) is 3.18. The highest BCUT2D eigenvalue weighted by Gasteiger charge is 2.07. The van der Waals surface area contributed by atoms with Crippen LogP contribution in [0.2, 0.25) is 5.15 Å². The summed E-state index contributed by atoms with van der Waals surface area (Å²) in [6.45, 7) is 2.04. The van der Waals surface area contributed by atoms with Gasteiger partial charge < -0.3 is 5.32 Å². The van der Waals surface area contributed by atoms with Gasteiger partial charge in [-0.3, -0.25) is 4.98 Å². The number of aromatic nitrogens is 2. The van der Waals surface area contributed by atoms with Crippen LogP contribution in [0, 0.1) is 0 Å². The Bertz CT molecular complexity index is 429. The van der Waals surface area contributed by atoms with Crippen molar-refractivity contribution in [2.24, 2.45) is 0 Å². The second-order valence-corrected chi connectivity index (χ2v) is 4.34. The molecule has 0 aromatic carbocycles. The molecule has 0 aliphatic carbocycles. The van der Waals surface area contributed by atoms with E-state index < -0.39 is 0 Å². The minimum Gasteiger partial charge on any atom is -0.353 e. The zero-order valence-corrected chi connectivity index (χ0v) is 9.72. The molecule has 15 heavy (non-hydrogen) atoms. The van der Waals surface area contributed by atoms with E-state index in [1.54, 1.807) is 11.6 Å². The third kappa shape index (κ3) is 2.67. The van der Waals surface area contributed by atoms with Crippen molar-refractivity contribution in [2.45, 2.75) is 13.0 Å². The van der Waals surface area contributed by atoms with Crippen LogP contribution < -0.4 is 5.32 Å². The highest BCUT2D eigenvalue weighted by molar-refractivity contribution is 7.14. The zero-order chi connectivity index (χ0) is 10.7. The van der Waals surface area contributed by atoms with E-state index in [-0.39, 0.29) is 6.04 Å². The molecule has 5 heteroatoms. The van der Waals surface area contributed by atoms with Crippen molar-refractivity contribution in [3.05, 3.63) is 40.6 Å².